The summed E-state index contributed by atoms with van der Waals surface area (Å²) in [4.78, 5) is 15.9. The van der Waals surface area contributed by atoms with Crippen LogP contribution in [0.5, 0.6) is 0 Å². The van der Waals surface area contributed by atoms with Crippen LogP contribution in [-0.4, -0.2) is 16.1 Å². The fourth-order valence-corrected chi connectivity index (χ4v) is 3.18. The Bertz CT molecular complexity index is 626. The molecular formula is C16H19NO2S. The van der Waals surface area contributed by atoms with Gasteiger partial charge in [-0.15, -0.1) is 11.3 Å². The Balaban J connectivity index is 2.27. The number of hydrogen-bond acceptors (Lipinski definition) is 3. The number of carboxylic acid groups (broad SMARTS) is 1. The lowest BCUT2D eigenvalue weighted by Gasteiger charge is -2.22. The number of aryl methyl sites for hydroxylation is 2. The first-order valence-corrected chi connectivity index (χ1v) is 7.38. The van der Waals surface area contributed by atoms with Gasteiger partial charge in [0, 0.05) is 5.41 Å². The van der Waals surface area contributed by atoms with Crippen molar-refractivity contribution in [2.24, 2.45) is 0 Å². The summed E-state index contributed by atoms with van der Waals surface area (Å²) in [6.07, 6.45) is 0.847. The monoisotopic (exact) mass is 289 g/mol. The Labute approximate surface area is 123 Å². The highest BCUT2D eigenvalue weighted by Crippen LogP contribution is 2.32. The van der Waals surface area contributed by atoms with Crippen LogP contribution in [-0.2, 0) is 11.8 Å². The molecule has 0 aliphatic carbocycles. The first-order valence-electron chi connectivity index (χ1n) is 6.56. The number of aromatic carboxylic acids is 1. The molecule has 0 aliphatic heterocycles. The van der Waals surface area contributed by atoms with Crippen LogP contribution in [0.4, 0.5) is 0 Å². The topological polar surface area (TPSA) is 50.2 Å². The minimum Gasteiger partial charge on any atom is -0.477 e. The summed E-state index contributed by atoms with van der Waals surface area (Å²) in [7, 11) is 0. The summed E-state index contributed by atoms with van der Waals surface area (Å²) in [5, 5.41) is 10.0. The van der Waals surface area contributed by atoms with E-state index in [9.17, 15) is 4.79 Å². The summed E-state index contributed by atoms with van der Waals surface area (Å²) in [5.74, 6) is -0.891. The molecule has 0 saturated carbocycles. The van der Waals surface area contributed by atoms with Crippen LogP contribution >= 0.6 is 11.3 Å². The van der Waals surface area contributed by atoms with E-state index < -0.39 is 5.97 Å². The average molecular weight is 289 g/mol. The van der Waals surface area contributed by atoms with Crippen LogP contribution in [0, 0.1) is 13.8 Å². The first-order chi connectivity index (χ1) is 9.29. The third-order valence-corrected chi connectivity index (χ3v) is 4.85. The molecule has 1 heterocycles. The van der Waals surface area contributed by atoms with Crippen LogP contribution in [0.3, 0.4) is 0 Å². The highest BCUT2D eigenvalue weighted by molar-refractivity contribution is 7.13. The minimum absolute atomic E-state index is 0.168. The van der Waals surface area contributed by atoms with Gasteiger partial charge in [-0.3, -0.25) is 0 Å². The number of aromatic nitrogens is 1. The van der Waals surface area contributed by atoms with Gasteiger partial charge in [-0.05, 0) is 25.8 Å². The van der Waals surface area contributed by atoms with Crippen LogP contribution in [0.1, 0.15) is 45.3 Å². The van der Waals surface area contributed by atoms with Crippen LogP contribution in [0.15, 0.2) is 24.3 Å². The second-order valence-electron chi connectivity index (χ2n) is 5.78. The molecule has 0 bridgehead atoms. The lowest BCUT2D eigenvalue weighted by atomic mass is 9.86. The molecule has 1 aromatic carbocycles. The van der Waals surface area contributed by atoms with Crippen molar-refractivity contribution in [1.82, 2.24) is 4.98 Å². The number of thiazole rings is 1. The maximum atomic E-state index is 11.1. The van der Waals surface area contributed by atoms with E-state index in [0.717, 1.165) is 11.4 Å². The van der Waals surface area contributed by atoms with Gasteiger partial charge in [0.2, 0.25) is 0 Å². The van der Waals surface area contributed by atoms with Gasteiger partial charge in [0.15, 0.2) is 0 Å². The zero-order valence-corrected chi connectivity index (χ0v) is 13.0. The van der Waals surface area contributed by atoms with Gasteiger partial charge < -0.3 is 5.11 Å². The largest absolute Gasteiger partial charge is 0.477 e. The van der Waals surface area contributed by atoms with Crippen molar-refractivity contribution in [3.63, 3.8) is 0 Å². The van der Waals surface area contributed by atoms with Crippen LogP contribution in [0.2, 0.25) is 0 Å². The Hall–Kier alpha value is -1.68. The lowest BCUT2D eigenvalue weighted by Crippen LogP contribution is -2.20. The van der Waals surface area contributed by atoms with E-state index in [1.165, 1.54) is 22.5 Å². The molecule has 2 aromatic rings. The van der Waals surface area contributed by atoms with Gasteiger partial charge in [-0.25, -0.2) is 9.78 Å². The molecule has 1 N–H and O–H groups in total. The summed E-state index contributed by atoms with van der Waals surface area (Å²) in [5.41, 5.74) is 2.92. The zero-order valence-electron chi connectivity index (χ0n) is 12.2. The normalized spacial score (nSPS) is 11.6. The van der Waals surface area contributed by atoms with Crippen molar-refractivity contribution < 1.29 is 9.90 Å². The molecular weight excluding hydrogens is 270 g/mol. The lowest BCUT2D eigenvalue weighted by molar-refractivity contribution is 0.0701. The van der Waals surface area contributed by atoms with Gasteiger partial charge in [0.05, 0.1) is 10.7 Å². The van der Waals surface area contributed by atoms with Crippen molar-refractivity contribution in [1.29, 1.82) is 0 Å². The third kappa shape index (κ3) is 3.07. The van der Waals surface area contributed by atoms with E-state index in [2.05, 4.69) is 50.0 Å². The highest BCUT2D eigenvalue weighted by atomic mass is 32.1. The second kappa shape index (κ2) is 5.37. The van der Waals surface area contributed by atoms with Gasteiger partial charge in [-0.1, -0.05) is 43.7 Å². The van der Waals surface area contributed by atoms with Crippen molar-refractivity contribution in [2.75, 3.05) is 0 Å². The molecule has 1 aromatic heterocycles. The molecule has 20 heavy (non-hydrogen) atoms. The molecule has 2 rings (SSSR count). The van der Waals surface area contributed by atoms with E-state index in [1.54, 1.807) is 6.92 Å². The fraction of sp³-hybridized carbons (Fsp3) is 0.375. The van der Waals surface area contributed by atoms with Crippen molar-refractivity contribution in [3.8, 4) is 0 Å². The number of carbonyl (C=O) groups is 1. The quantitative estimate of drug-likeness (QED) is 0.926. The maximum Gasteiger partial charge on any atom is 0.347 e. The molecule has 3 nitrogen and oxygen atoms in total. The first kappa shape index (κ1) is 14.7. The molecule has 0 saturated heterocycles. The molecule has 0 spiro atoms. The number of carboxylic acids is 1. The summed E-state index contributed by atoms with van der Waals surface area (Å²) < 4.78 is 0. The number of rotatable bonds is 4. The molecule has 0 amide bonds. The predicted octanol–water partition coefficient (Wildman–Crippen LogP) is 3.98. The summed E-state index contributed by atoms with van der Waals surface area (Å²) in [6, 6.07) is 8.44. The van der Waals surface area contributed by atoms with Gasteiger partial charge in [0.1, 0.15) is 4.88 Å². The Morgan fingerprint density at radius 1 is 1.25 bits per heavy atom. The third-order valence-electron chi connectivity index (χ3n) is 3.34. The number of hydrogen-bond donors (Lipinski definition) is 1. The Kier molecular flexibility index (Phi) is 3.95. The van der Waals surface area contributed by atoms with Crippen LogP contribution < -0.4 is 0 Å². The standard InChI is InChI=1S/C16H19NO2S/c1-10-5-7-12(8-6-10)9-16(3,4)15-17-11(2)13(20-15)14(18)19/h5-8H,9H2,1-4H3,(H,18,19). The fourth-order valence-electron chi connectivity index (χ4n) is 2.18. The number of nitrogens with zero attached hydrogens (tertiary/aromatic N) is 1. The van der Waals surface area contributed by atoms with E-state index in [1.807, 2.05) is 0 Å². The predicted molar refractivity (Wildman–Crippen MR) is 81.7 cm³/mol. The average Bonchev–Trinajstić information content (AvgIpc) is 2.75. The smallest absolute Gasteiger partial charge is 0.347 e. The van der Waals surface area contributed by atoms with E-state index in [0.29, 0.717) is 10.6 Å². The van der Waals surface area contributed by atoms with Crippen molar-refractivity contribution in [3.05, 3.63) is 51.0 Å². The Morgan fingerprint density at radius 2 is 1.85 bits per heavy atom. The van der Waals surface area contributed by atoms with E-state index in [-0.39, 0.29) is 5.41 Å². The van der Waals surface area contributed by atoms with Crippen molar-refractivity contribution in [2.45, 2.75) is 39.5 Å². The van der Waals surface area contributed by atoms with E-state index >= 15 is 0 Å². The highest BCUT2D eigenvalue weighted by Gasteiger charge is 2.27. The molecule has 0 radical (unpaired) electrons. The maximum absolute atomic E-state index is 11.1. The number of benzene rings is 1. The van der Waals surface area contributed by atoms with E-state index in [4.69, 9.17) is 5.11 Å². The second-order valence-corrected chi connectivity index (χ2v) is 6.78. The molecule has 0 aliphatic rings. The van der Waals surface area contributed by atoms with Gasteiger partial charge in [0.25, 0.3) is 0 Å². The molecule has 0 fully saturated rings. The summed E-state index contributed by atoms with van der Waals surface area (Å²) in [6.45, 7) is 8.04. The SMILES string of the molecule is Cc1ccc(CC(C)(C)c2nc(C)c(C(=O)O)s2)cc1. The Morgan fingerprint density at radius 3 is 2.35 bits per heavy atom. The molecule has 0 atom stereocenters. The molecule has 4 heteroatoms. The van der Waals surface area contributed by atoms with Gasteiger partial charge >= 0.3 is 5.97 Å². The molecule has 106 valence electrons. The van der Waals surface area contributed by atoms with Crippen LogP contribution in [0.25, 0.3) is 0 Å². The van der Waals surface area contributed by atoms with Crippen molar-refractivity contribution >= 4 is 17.3 Å². The summed E-state index contributed by atoms with van der Waals surface area (Å²) >= 11 is 1.29. The van der Waals surface area contributed by atoms with Gasteiger partial charge in [-0.2, -0.15) is 0 Å². The zero-order chi connectivity index (χ0) is 14.9. The molecule has 0 unspecified atom stereocenters. The minimum atomic E-state index is -0.891.